The summed E-state index contributed by atoms with van der Waals surface area (Å²) in [5, 5.41) is 0. The summed E-state index contributed by atoms with van der Waals surface area (Å²) in [5.41, 5.74) is 2.51. The molecule has 0 radical (unpaired) electrons. The number of allylic oxidation sites excluding steroid dienone is 5. The zero-order valence-corrected chi connectivity index (χ0v) is 10.9. The Morgan fingerprint density at radius 1 is 1.18 bits per heavy atom. The van der Waals surface area contributed by atoms with Crippen molar-refractivity contribution in [3.63, 3.8) is 0 Å². The van der Waals surface area contributed by atoms with Crippen molar-refractivity contribution in [3.05, 3.63) is 66.0 Å². The van der Waals surface area contributed by atoms with Gasteiger partial charge in [-0.15, -0.1) is 6.58 Å². The Hall–Kier alpha value is -1.76. The summed E-state index contributed by atoms with van der Waals surface area (Å²) in [6, 6.07) is 8.04. The van der Waals surface area contributed by atoms with Crippen LogP contribution in [0.2, 0.25) is 0 Å². The molecule has 0 saturated heterocycles. The topological polar surface area (TPSA) is 9.23 Å². The molecule has 17 heavy (non-hydrogen) atoms. The standard InChI is InChI=1S/C16H20O/c1-5-6-13(2)7-10-15(4)17-16-11-8-14(3)9-12-16/h5,7-12H,1,6H2,2-4H3/b13-7-,15-10+. The maximum absolute atomic E-state index is 5.69. The number of ether oxygens (including phenoxy) is 1. The molecule has 0 aromatic heterocycles. The van der Waals surface area contributed by atoms with E-state index in [-0.39, 0.29) is 0 Å². The van der Waals surface area contributed by atoms with E-state index in [1.807, 2.05) is 43.3 Å². The fourth-order valence-electron chi connectivity index (χ4n) is 1.38. The third kappa shape index (κ3) is 5.21. The van der Waals surface area contributed by atoms with E-state index in [0.717, 1.165) is 17.9 Å². The second-order valence-corrected chi connectivity index (χ2v) is 4.20. The van der Waals surface area contributed by atoms with E-state index in [4.69, 9.17) is 4.74 Å². The van der Waals surface area contributed by atoms with Crippen molar-refractivity contribution < 1.29 is 4.74 Å². The highest BCUT2D eigenvalue weighted by Gasteiger charge is 1.94. The van der Waals surface area contributed by atoms with Crippen LogP contribution in [-0.4, -0.2) is 0 Å². The van der Waals surface area contributed by atoms with Crippen molar-refractivity contribution >= 4 is 0 Å². The predicted octanol–water partition coefficient (Wildman–Crippen LogP) is 4.80. The minimum atomic E-state index is 0.874. The SMILES string of the molecule is C=CC/C(C)=C\C=C(/C)Oc1ccc(C)cc1. The molecule has 1 rings (SSSR count). The molecule has 1 aromatic carbocycles. The van der Waals surface area contributed by atoms with Gasteiger partial charge < -0.3 is 4.74 Å². The second-order valence-electron chi connectivity index (χ2n) is 4.20. The van der Waals surface area contributed by atoms with Gasteiger partial charge >= 0.3 is 0 Å². The molecule has 1 nitrogen and oxygen atoms in total. The van der Waals surface area contributed by atoms with Crippen LogP contribution in [0.25, 0.3) is 0 Å². The third-order valence-corrected chi connectivity index (χ3v) is 2.37. The van der Waals surface area contributed by atoms with E-state index in [2.05, 4.69) is 26.5 Å². The zero-order chi connectivity index (χ0) is 12.7. The van der Waals surface area contributed by atoms with Crippen LogP contribution in [-0.2, 0) is 0 Å². The average Bonchev–Trinajstić information content (AvgIpc) is 2.30. The summed E-state index contributed by atoms with van der Waals surface area (Å²) in [6.45, 7) is 9.81. The van der Waals surface area contributed by atoms with Crippen LogP contribution in [0.5, 0.6) is 5.75 Å². The first-order valence-electron chi connectivity index (χ1n) is 5.81. The van der Waals surface area contributed by atoms with Crippen molar-refractivity contribution in [2.45, 2.75) is 27.2 Å². The van der Waals surface area contributed by atoms with E-state index in [1.54, 1.807) is 0 Å². The molecular formula is C16H20O. The van der Waals surface area contributed by atoms with E-state index in [0.29, 0.717) is 0 Å². The van der Waals surface area contributed by atoms with Crippen molar-refractivity contribution in [2.24, 2.45) is 0 Å². The van der Waals surface area contributed by atoms with Gasteiger partial charge in [0.2, 0.25) is 0 Å². The normalized spacial score (nSPS) is 12.4. The van der Waals surface area contributed by atoms with E-state index >= 15 is 0 Å². The van der Waals surface area contributed by atoms with E-state index in [1.165, 1.54) is 11.1 Å². The molecule has 0 atom stereocenters. The fraction of sp³-hybridized carbons (Fsp3) is 0.250. The van der Waals surface area contributed by atoms with Crippen LogP contribution in [0.15, 0.2) is 60.4 Å². The number of hydrogen-bond acceptors (Lipinski definition) is 1. The molecule has 0 unspecified atom stereocenters. The Morgan fingerprint density at radius 2 is 1.82 bits per heavy atom. The molecule has 0 aliphatic carbocycles. The van der Waals surface area contributed by atoms with Crippen molar-refractivity contribution in [3.8, 4) is 5.75 Å². The molecular weight excluding hydrogens is 208 g/mol. The van der Waals surface area contributed by atoms with Crippen molar-refractivity contribution in [2.75, 3.05) is 0 Å². The van der Waals surface area contributed by atoms with Gasteiger partial charge in [0.05, 0.1) is 0 Å². The summed E-state index contributed by atoms with van der Waals surface area (Å²) >= 11 is 0. The van der Waals surface area contributed by atoms with E-state index in [9.17, 15) is 0 Å². The molecule has 0 aliphatic rings. The number of hydrogen-bond donors (Lipinski definition) is 0. The highest BCUT2D eigenvalue weighted by molar-refractivity contribution is 5.28. The van der Waals surface area contributed by atoms with E-state index < -0.39 is 0 Å². The van der Waals surface area contributed by atoms with Gasteiger partial charge in [-0.3, -0.25) is 0 Å². The Balaban J connectivity index is 2.62. The Labute approximate surface area is 104 Å². The second kappa shape index (κ2) is 6.74. The molecule has 1 aromatic rings. The molecule has 0 saturated carbocycles. The quantitative estimate of drug-likeness (QED) is 0.399. The lowest BCUT2D eigenvalue weighted by molar-refractivity contribution is 0.428. The van der Waals surface area contributed by atoms with Gasteiger partial charge in [-0.05, 0) is 45.4 Å². The summed E-state index contributed by atoms with van der Waals surface area (Å²) in [6.07, 6.45) is 6.86. The largest absolute Gasteiger partial charge is 0.462 e. The molecule has 0 aliphatic heterocycles. The highest BCUT2D eigenvalue weighted by Crippen LogP contribution is 2.14. The number of benzene rings is 1. The van der Waals surface area contributed by atoms with Crippen LogP contribution in [0.4, 0.5) is 0 Å². The molecule has 0 fully saturated rings. The third-order valence-electron chi connectivity index (χ3n) is 2.37. The lowest BCUT2D eigenvalue weighted by atomic mass is 10.2. The predicted molar refractivity (Wildman–Crippen MR) is 74.1 cm³/mol. The maximum atomic E-state index is 5.69. The first-order chi connectivity index (χ1) is 8.11. The summed E-state index contributed by atoms with van der Waals surface area (Å²) in [4.78, 5) is 0. The fourth-order valence-corrected chi connectivity index (χ4v) is 1.38. The highest BCUT2D eigenvalue weighted by atomic mass is 16.5. The molecule has 0 spiro atoms. The van der Waals surface area contributed by atoms with Gasteiger partial charge in [0.25, 0.3) is 0 Å². The molecule has 0 heterocycles. The van der Waals surface area contributed by atoms with Crippen LogP contribution < -0.4 is 4.74 Å². The maximum Gasteiger partial charge on any atom is 0.126 e. The van der Waals surface area contributed by atoms with Gasteiger partial charge in [0, 0.05) is 0 Å². The van der Waals surface area contributed by atoms with Crippen LogP contribution >= 0.6 is 0 Å². The van der Waals surface area contributed by atoms with Crippen LogP contribution in [0.1, 0.15) is 25.8 Å². The average molecular weight is 228 g/mol. The molecule has 1 heteroatoms. The van der Waals surface area contributed by atoms with Gasteiger partial charge in [-0.25, -0.2) is 0 Å². The van der Waals surface area contributed by atoms with Crippen molar-refractivity contribution in [1.29, 1.82) is 0 Å². The molecule has 0 N–H and O–H groups in total. The first kappa shape index (κ1) is 13.3. The number of rotatable bonds is 5. The van der Waals surface area contributed by atoms with Gasteiger partial charge in [0.1, 0.15) is 11.5 Å². The summed E-state index contributed by atoms with van der Waals surface area (Å²) in [5.74, 6) is 1.76. The lowest BCUT2D eigenvalue weighted by Gasteiger charge is -2.05. The summed E-state index contributed by atoms with van der Waals surface area (Å²) < 4.78 is 5.69. The van der Waals surface area contributed by atoms with Gasteiger partial charge in [-0.2, -0.15) is 0 Å². The number of aryl methyl sites for hydroxylation is 1. The molecule has 0 amide bonds. The Morgan fingerprint density at radius 3 is 2.41 bits per heavy atom. The van der Waals surface area contributed by atoms with Gasteiger partial charge in [-0.1, -0.05) is 35.4 Å². The summed E-state index contributed by atoms with van der Waals surface area (Å²) in [7, 11) is 0. The van der Waals surface area contributed by atoms with Crippen LogP contribution in [0, 0.1) is 6.92 Å². The smallest absolute Gasteiger partial charge is 0.126 e. The monoisotopic (exact) mass is 228 g/mol. The van der Waals surface area contributed by atoms with Crippen molar-refractivity contribution in [1.82, 2.24) is 0 Å². The zero-order valence-electron chi connectivity index (χ0n) is 10.9. The molecule has 0 bridgehead atoms. The lowest BCUT2D eigenvalue weighted by Crippen LogP contribution is -1.90. The molecule has 90 valence electrons. The minimum Gasteiger partial charge on any atom is -0.462 e. The Bertz CT molecular complexity index is 421. The Kier molecular flexibility index (Phi) is 5.28. The first-order valence-corrected chi connectivity index (χ1v) is 5.81. The minimum absolute atomic E-state index is 0.874. The van der Waals surface area contributed by atoms with Gasteiger partial charge in [0.15, 0.2) is 0 Å². The van der Waals surface area contributed by atoms with Crippen LogP contribution in [0.3, 0.4) is 0 Å².